The number of thiazole rings is 1. The van der Waals surface area contributed by atoms with Crippen molar-refractivity contribution in [3.63, 3.8) is 0 Å². The van der Waals surface area contributed by atoms with E-state index >= 15 is 0 Å². The fourth-order valence-corrected chi connectivity index (χ4v) is 3.52. The zero-order chi connectivity index (χ0) is 11.1. The first-order chi connectivity index (χ1) is 7.04. The van der Waals surface area contributed by atoms with Gasteiger partial charge in [-0.2, -0.15) is 0 Å². The van der Waals surface area contributed by atoms with E-state index in [1.807, 2.05) is 0 Å². The minimum atomic E-state index is -0.151. The third-order valence-electron chi connectivity index (χ3n) is 3.78. The molecule has 0 radical (unpaired) electrons. The molecule has 0 spiro atoms. The summed E-state index contributed by atoms with van der Waals surface area (Å²) in [6, 6.07) is 0. The van der Waals surface area contributed by atoms with E-state index in [0.29, 0.717) is 5.92 Å². The first-order valence-electron chi connectivity index (χ1n) is 5.77. The van der Waals surface area contributed by atoms with Gasteiger partial charge in [0.05, 0.1) is 11.2 Å². The van der Waals surface area contributed by atoms with E-state index in [0.717, 1.165) is 17.1 Å². The molecule has 2 unspecified atom stereocenters. The Balaban J connectivity index is 2.34. The lowest BCUT2D eigenvalue weighted by atomic mass is 9.75. The average Bonchev–Trinajstić information content (AvgIpc) is 2.53. The first kappa shape index (κ1) is 11.1. The maximum atomic E-state index is 6.55. The van der Waals surface area contributed by atoms with Gasteiger partial charge >= 0.3 is 0 Å². The van der Waals surface area contributed by atoms with Crippen LogP contribution in [-0.2, 0) is 5.54 Å². The number of aryl methyl sites for hydroxylation is 2. The highest BCUT2D eigenvalue weighted by Crippen LogP contribution is 2.41. The Hall–Kier alpha value is -0.410. The molecule has 1 saturated carbocycles. The zero-order valence-electron chi connectivity index (χ0n) is 9.84. The summed E-state index contributed by atoms with van der Waals surface area (Å²) in [6.45, 7) is 6.48. The highest BCUT2D eigenvalue weighted by Gasteiger charge is 2.38. The van der Waals surface area contributed by atoms with Crippen molar-refractivity contribution in [3.8, 4) is 0 Å². The smallest absolute Gasteiger partial charge is 0.113 e. The third-order valence-corrected chi connectivity index (χ3v) is 5.05. The third kappa shape index (κ3) is 1.83. The van der Waals surface area contributed by atoms with E-state index in [1.54, 1.807) is 11.3 Å². The Morgan fingerprint density at radius 3 is 2.67 bits per heavy atom. The maximum Gasteiger partial charge on any atom is 0.113 e. The lowest BCUT2D eigenvalue weighted by molar-refractivity contribution is 0.206. The summed E-state index contributed by atoms with van der Waals surface area (Å²) in [5, 5.41) is 1.16. The van der Waals surface area contributed by atoms with Crippen LogP contribution in [-0.4, -0.2) is 4.98 Å². The lowest BCUT2D eigenvalue weighted by Gasteiger charge is -2.37. The monoisotopic (exact) mass is 224 g/mol. The second kappa shape index (κ2) is 3.87. The van der Waals surface area contributed by atoms with E-state index in [9.17, 15) is 0 Å². The van der Waals surface area contributed by atoms with Gasteiger partial charge in [-0.1, -0.05) is 19.8 Å². The summed E-state index contributed by atoms with van der Waals surface area (Å²) < 4.78 is 0. The fraction of sp³-hybridized carbons (Fsp3) is 0.750. The summed E-state index contributed by atoms with van der Waals surface area (Å²) in [4.78, 5) is 5.96. The molecule has 84 valence electrons. The van der Waals surface area contributed by atoms with E-state index < -0.39 is 0 Å². The van der Waals surface area contributed by atoms with Crippen molar-refractivity contribution < 1.29 is 0 Å². The molecule has 1 aromatic rings. The molecule has 2 N–H and O–H groups in total. The minimum Gasteiger partial charge on any atom is -0.319 e. The quantitative estimate of drug-likeness (QED) is 0.796. The van der Waals surface area contributed by atoms with Crippen LogP contribution in [0.15, 0.2) is 0 Å². The van der Waals surface area contributed by atoms with Gasteiger partial charge in [-0.25, -0.2) is 4.98 Å². The van der Waals surface area contributed by atoms with Gasteiger partial charge in [0, 0.05) is 4.88 Å². The first-order valence-corrected chi connectivity index (χ1v) is 6.59. The molecule has 0 aromatic carbocycles. The molecule has 1 aliphatic carbocycles. The summed E-state index contributed by atoms with van der Waals surface area (Å²) in [7, 11) is 0. The summed E-state index contributed by atoms with van der Waals surface area (Å²) in [5.74, 6) is 0.566. The van der Waals surface area contributed by atoms with Gasteiger partial charge in [-0.3, -0.25) is 0 Å². The molecule has 15 heavy (non-hydrogen) atoms. The molecule has 1 heterocycles. The highest BCUT2D eigenvalue weighted by molar-refractivity contribution is 7.11. The number of nitrogens with two attached hydrogens (primary N) is 1. The average molecular weight is 224 g/mol. The van der Waals surface area contributed by atoms with E-state index in [4.69, 9.17) is 5.73 Å². The Morgan fingerprint density at radius 2 is 2.13 bits per heavy atom. The van der Waals surface area contributed by atoms with Gasteiger partial charge in [0.25, 0.3) is 0 Å². The molecule has 2 atom stereocenters. The van der Waals surface area contributed by atoms with Crippen molar-refractivity contribution >= 4 is 11.3 Å². The molecule has 2 rings (SSSR count). The number of hydrogen-bond acceptors (Lipinski definition) is 3. The molecule has 0 amide bonds. The molecule has 1 aliphatic rings. The Labute approximate surface area is 95.9 Å². The van der Waals surface area contributed by atoms with Gasteiger partial charge in [-0.05, 0) is 32.6 Å². The largest absolute Gasteiger partial charge is 0.319 e. The molecule has 0 aliphatic heterocycles. The Bertz CT molecular complexity index is 339. The van der Waals surface area contributed by atoms with Crippen molar-refractivity contribution in [1.82, 2.24) is 4.98 Å². The number of hydrogen-bond donors (Lipinski definition) is 1. The van der Waals surface area contributed by atoms with Crippen LogP contribution < -0.4 is 5.73 Å². The van der Waals surface area contributed by atoms with Crippen molar-refractivity contribution in [2.45, 2.75) is 52.0 Å². The molecule has 1 aromatic heterocycles. The van der Waals surface area contributed by atoms with Crippen LogP contribution in [0.25, 0.3) is 0 Å². The second-order valence-corrected chi connectivity index (χ2v) is 6.05. The summed E-state index contributed by atoms with van der Waals surface area (Å²) in [5.41, 5.74) is 7.55. The molecular weight excluding hydrogens is 204 g/mol. The topological polar surface area (TPSA) is 38.9 Å². The molecule has 2 nitrogen and oxygen atoms in total. The van der Waals surface area contributed by atoms with Crippen LogP contribution in [0.1, 0.15) is 48.2 Å². The maximum absolute atomic E-state index is 6.55. The second-order valence-electron chi connectivity index (χ2n) is 4.85. The van der Waals surface area contributed by atoms with E-state index in [2.05, 4.69) is 25.8 Å². The molecule has 1 fully saturated rings. The van der Waals surface area contributed by atoms with Crippen LogP contribution in [0.4, 0.5) is 0 Å². The van der Waals surface area contributed by atoms with Gasteiger partial charge < -0.3 is 5.73 Å². The van der Waals surface area contributed by atoms with Gasteiger partial charge in [0.15, 0.2) is 0 Å². The molecule has 0 saturated heterocycles. The lowest BCUT2D eigenvalue weighted by Crippen LogP contribution is -2.45. The van der Waals surface area contributed by atoms with Gasteiger partial charge in [0.2, 0.25) is 0 Å². The molecule has 0 bridgehead atoms. The van der Waals surface area contributed by atoms with E-state index in [-0.39, 0.29) is 5.54 Å². The minimum absolute atomic E-state index is 0.151. The van der Waals surface area contributed by atoms with Crippen LogP contribution in [0.3, 0.4) is 0 Å². The van der Waals surface area contributed by atoms with Crippen LogP contribution in [0, 0.1) is 19.8 Å². The predicted octanol–water partition coefficient (Wildman–Crippen LogP) is 3.12. The predicted molar refractivity (Wildman–Crippen MR) is 65.1 cm³/mol. The molecular formula is C12H20N2S. The zero-order valence-corrected chi connectivity index (χ0v) is 10.7. The Morgan fingerprint density at radius 1 is 1.40 bits per heavy atom. The van der Waals surface area contributed by atoms with Gasteiger partial charge in [0.1, 0.15) is 5.01 Å². The highest BCUT2D eigenvalue weighted by atomic mass is 32.1. The number of rotatable bonds is 1. The normalized spacial score (nSPS) is 31.9. The van der Waals surface area contributed by atoms with Gasteiger partial charge in [-0.15, -0.1) is 11.3 Å². The van der Waals surface area contributed by atoms with Crippen molar-refractivity contribution in [3.05, 3.63) is 15.6 Å². The van der Waals surface area contributed by atoms with Crippen molar-refractivity contribution in [2.75, 3.05) is 0 Å². The summed E-state index contributed by atoms with van der Waals surface area (Å²) in [6.07, 6.45) is 4.91. The standard InChI is InChI=1S/C12H20N2S/c1-8-6-4-5-7-12(8,13)11-14-9(2)10(3)15-11/h8H,4-7,13H2,1-3H3. The van der Waals surface area contributed by atoms with Crippen LogP contribution in [0.2, 0.25) is 0 Å². The SMILES string of the molecule is Cc1nc(C2(N)CCCCC2C)sc1C. The summed E-state index contributed by atoms with van der Waals surface area (Å²) >= 11 is 1.79. The van der Waals surface area contributed by atoms with Crippen molar-refractivity contribution in [1.29, 1.82) is 0 Å². The van der Waals surface area contributed by atoms with E-state index in [1.165, 1.54) is 24.1 Å². The Kier molecular flexibility index (Phi) is 2.86. The number of nitrogens with zero attached hydrogens (tertiary/aromatic N) is 1. The van der Waals surface area contributed by atoms with Crippen molar-refractivity contribution in [2.24, 2.45) is 11.7 Å². The van der Waals surface area contributed by atoms with Crippen LogP contribution in [0.5, 0.6) is 0 Å². The van der Waals surface area contributed by atoms with Crippen LogP contribution >= 0.6 is 11.3 Å². The fourth-order valence-electron chi connectivity index (χ4n) is 2.36. The molecule has 3 heteroatoms. The number of aromatic nitrogens is 1.